The average molecular weight is 226 g/mol. The smallest absolute Gasteiger partial charge is 0.129 e. The summed E-state index contributed by atoms with van der Waals surface area (Å²) in [4.78, 5) is 4.35. The number of pyridine rings is 1. The van der Waals surface area contributed by atoms with E-state index in [-0.39, 0.29) is 6.04 Å². The molecule has 1 aromatic carbocycles. The molecule has 3 heteroatoms. The van der Waals surface area contributed by atoms with Gasteiger partial charge in [0.25, 0.3) is 0 Å². The lowest BCUT2D eigenvalue weighted by Crippen LogP contribution is -2.13. The molecule has 0 bridgehead atoms. The van der Waals surface area contributed by atoms with Crippen LogP contribution in [0.25, 0.3) is 0 Å². The van der Waals surface area contributed by atoms with Crippen molar-refractivity contribution < 1.29 is 4.74 Å². The molecule has 0 fully saturated rings. The van der Waals surface area contributed by atoms with Crippen molar-refractivity contribution in [2.45, 2.75) is 13.0 Å². The summed E-state index contributed by atoms with van der Waals surface area (Å²) in [5.74, 6) is 1.90. The van der Waals surface area contributed by atoms with E-state index in [1.54, 1.807) is 6.20 Å². The lowest BCUT2D eigenvalue weighted by Gasteiger charge is -2.13. The molecule has 1 aromatic heterocycles. The van der Waals surface area contributed by atoms with Gasteiger partial charge in [-0.05, 0) is 24.6 Å². The standard InChI is InChI=1S/C14H14N2O/c1-10-5-4-8-15-14(10)16-12-9-17-13-7-3-2-6-11(12)13/h2-8,12H,9H2,1H3,(H,15,16). The molecule has 0 radical (unpaired) electrons. The van der Waals surface area contributed by atoms with Crippen LogP contribution in [-0.2, 0) is 0 Å². The summed E-state index contributed by atoms with van der Waals surface area (Å²) in [7, 11) is 0. The second kappa shape index (κ2) is 4.09. The Bertz CT molecular complexity index is 539. The van der Waals surface area contributed by atoms with Crippen LogP contribution in [0.1, 0.15) is 17.2 Å². The van der Waals surface area contributed by atoms with E-state index in [4.69, 9.17) is 4.74 Å². The number of benzene rings is 1. The van der Waals surface area contributed by atoms with Crippen molar-refractivity contribution in [2.24, 2.45) is 0 Å². The number of fused-ring (bicyclic) bond motifs is 1. The molecule has 0 saturated heterocycles. The van der Waals surface area contributed by atoms with Crippen molar-refractivity contribution in [3.63, 3.8) is 0 Å². The lowest BCUT2D eigenvalue weighted by atomic mass is 10.1. The topological polar surface area (TPSA) is 34.2 Å². The molecule has 2 aromatic rings. The van der Waals surface area contributed by atoms with Crippen LogP contribution in [0.2, 0.25) is 0 Å². The number of ether oxygens (including phenoxy) is 1. The van der Waals surface area contributed by atoms with E-state index in [1.807, 2.05) is 24.3 Å². The molecule has 2 heterocycles. The number of rotatable bonds is 2. The van der Waals surface area contributed by atoms with E-state index >= 15 is 0 Å². The van der Waals surface area contributed by atoms with Crippen LogP contribution in [-0.4, -0.2) is 11.6 Å². The fourth-order valence-corrected chi connectivity index (χ4v) is 2.08. The zero-order valence-corrected chi connectivity index (χ0v) is 9.68. The number of hydrogen-bond acceptors (Lipinski definition) is 3. The largest absolute Gasteiger partial charge is 0.491 e. The van der Waals surface area contributed by atoms with Gasteiger partial charge in [0.1, 0.15) is 18.2 Å². The highest BCUT2D eigenvalue weighted by atomic mass is 16.5. The average Bonchev–Trinajstić information content (AvgIpc) is 2.76. The summed E-state index contributed by atoms with van der Waals surface area (Å²) in [5.41, 5.74) is 2.36. The predicted octanol–water partition coefficient (Wildman–Crippen LogP) is 2.94. The molecule has 1 aliphatic heterocycles. The van der Waals surface area contributed by atoms with Crippen molar-refractivity contribution in [1.82, 2.24) is 4.98 Å². The fourth-order valence-electron chi connectivity index (χ4n) is 2.08. The minimum Gasteiger partial charge on any atom is -0.491 e. The summed E-state index contributed by atoms with van der Waals surface area (Å²) in [5, 5.41) is 3.43. The van der Waals surface area contributed by atoms with E-state index in [2.05, 4.69) is 29.4 Å². The molecule has 1 aliphatic rings. The number of para-hydroxylation sites is 1. The van der Waals surface area contributed by atoms with Gasteiger partial charge in [-0.25, -0.2) is 4.98 Å². The molecule has 3 rings (SSSR count). The van der Waals surface area contributed by atoms with Crippen LogP contribution >= 0.6 is 0 Å². The van der Waals surface area contributed by atoms with Crippen molar-refractivity contribution in [2.75, 3.05) is 11.9 Å². The highest BCUT2D eigenvalue weighted by Crippen LogP contribution is 2.33. The number of hydrogen-bond donors (Lipinski definition) is 1. The van der Waals surface area contributed by atoms with Gasteiger partial charge >= 0.3 is 0 Å². The van der Waals surface area contributed by atoms with Gasteiger partial charge in [-0.15, -0.1) is 0 Å². The Hall–Kier alpha value is -2.03. The third-order valence-electron chi connectivity index (χ3n) is 3.02. The molecule has 86 valence electrons. The summed E-state index contributed by atoms with van der Waals surface area (Å²) in [6.45, 7) is 2.71. The Morgan fingerprint density at radius 3 is 3.00 bits per heavy atom. The molecule has 1 N–H and O–H groups in total. The van der Waals surface area contributed by atoms with Crippen LogP contribution in [0.4, 0.5) is 5.82 Å². The van der Waals surface area contributed by atoms with Gasteiger partial charge in [-0.1, -0.05) is 24.3 Å². The molecule has 1 atom stereocenters. The van der Waals surface area contributed by atoms with Gasteiger partial charge in [0, 0.05) is 11.8 Å². The monoisotopic (exact) mass is 226 g/mol. The van der Waals surface area contributed by atoms with E-state index in [1.165, 1.54) is 5.56 Å². The zero-order valence-electron chi connectivity index (χ0n) is 9.68. The first-order chi connectivity index (χ1) is 8.34. The van der Waals surface area contributed by atoms with Gasteiger partial charge in [0.15, 0.2) is 0 Å². The Kier molecular flexibility index (Phi) is 2.44. The first-order valence-electron chi connectivity index (χ1n) is 5.74. The molecule has 17 heavy (non-hydrogen) atoms. The first kappa shape index (κ1) is 10.1. The summed E-state index contributed by atoms with van der Waals surface area (Å²) >= 11 is 0. The molecule has 0 aliphatic carbocycles. The third kappa shape index (κ3) is 1.84. The zero-order chi connectivity index (χ0) is 11.7. The maximum atomic E-state index is 5.63. The highest BCUT2D eigenvalue weighted by Gasteiger charge is 2.23. The summed E-state index contributed by atoms with van der Waals surface area (Å²) in [6, 6.07) is 12.3. The van der Waals surface area contributed by atoms with E-state index < -0.39 is 0 Å². The highest BCUT2D eigenvalue weighted by molar-refractivity contribution is 5.49. The number of nitrogens with one attached hydrogen (secondary N) is 1. The SMILES string of the molecule is Cc1cccnc1NC1COc2ccccc21. The number of nitrogens with zero attached hydrogens (tertiary/aromatic N) is 1. The first-order valence-corrected chi connectivity index (χ1v) is 5.74. The minimum atomic E-state index is 0.194. The van der Waals surface area contributed by atoms with Crippen LogP contribution in [0.15, 0.2) is 42.6 Å². The van der Waals surface area contributed by atoms with Crippen LogP contribution in [0.5, 0.6) is 5.75 Å². The normalized spacial score (nSPS) is 17.4. The number of aromatic nitrogens is 1. The molecule has 0 saturated carbocycles. The summed E-state index contributed by atoms with van der Waals surface area (Å²) < 4.78 is 5.63. The number of aryl methyl sites for hydroxylation is 1. The predicted molar refractivity (Wildman–Crippen MR) is 67.3 cm³/mol. The quantitative estimate of drug-likeness (QED) is 0.854. The second-order valence-electron chi connectivity index (χ2n) is 4.21. The van der Waals surface area contributed by atoms with E-state index in [0.29, 0.717) is 6.61 Å². The van der Waals surface area contributed by atoms with Crippen LogP contribution in [0, 0.1) is 6.92 Å². The Labute approximate surface area is 100 Å². The molecule has 0 spiro atoms. The van der Waals surface area contributed by atoms with Gasteiger partial charge in [0.2, 0.25) is 0 Å². The molecular weight excluding hydrogens is 212 g/mol. The van der Waals surface area contributed by atoms with Crippen LogP contribution < -0.4 is 10.1 Å². The molecule has 3 nitrogen and oxygen atoms in total. The maximum Gasteiger partial charge on any atom is 0.129 e. The number of anilines is 1. The lowest BCUT2D eigenvalue weighted by molar-refractivity contribution is 0.339. The summed E-state index contributed by atoms with van der Waals surface area (Å²) in [6.07, 6.45) is 1.80. The van der Waals surface area contributed by atoms with Crippen molar-refractivity contribution in [1.29, 1.82) is 0 Å². The molecule has 1 unspecified atom stereocenters. The third-order valence-corrected chi connectivity index (χ3v) is 3.02. The van der Waals surface area contributed by atoms with Gasteiger partial charge in [-0.3, -0.25) is 0 Å². The Balaban J connectivity index is 1.87. The van der Waals surface area contributed by atoms with Gasteiger partial charge < -0.3 is 10.1 Å². The molecular formula is C14H14N2O. The Morgan fingerprint density at radius 1 is 1.24 bits per heavy atom. The van der Waals surface area contributed by atoms with Crippen molar-refractivity contribution in [3.05, 3.63) is 53.7 Å². The van der Waals surface area contributed by atoms with E-state index in [9.17, 15) is 0 Å². The Morgan fingerprint density at radius 2 is 2.12 bits per heavy atom. The molecule has 0 amide bonds. The fraction of sp³-hybridized carbons (Fsp3) is 0.214. The van der Waals surface area contributed by atoms with Crippen molar-refractivity contribution in [3.8, 4) is 5.75 Å². The second-order valence-corrected chi connectivity index (χ2v) is 4.21. The maximum absolute atomic E-state index is 5.63. The van der Waals surface area contributed by atoms with Crippen molar-refractivity contribution >= 4 is 5.82 Å². The van der Waals surface area contributed by atoms with Gasteiger partial charge in [-0.2, -0.15) is 0 Å². The van der Waals surface area contributed by atoms with Gasteiger partial charge in [0.05, 0.1) is 6.04 Å². The van der Waals surface area contributed by atoms with Crippen LogP contribution in [0.3, 0.4) is 0 Å². The minimum absolute atomic E-state index is 0.194. The van der Waals surface area contributed by atoms with E-state index in [0.717, 1.165) is 17.1 Å².